The second kappa shape index (κ2) is 3.94. The minimum Gasteiger partial charge on any atom is -0.495 e. The number of cyclic esters (lactones) is 1. The van der Waals surface area contributed by atoms with Gasteiger partial charge in [0.2, 0.25) is 0 Å². The standard InChI is InChI=1S/C9H11NO3/c1-3-12-6(2)8-4-7(5-10)9(11)13-8/h7-8H,2-4H2,1H3. The van der Waals surface area contributed by atoms with Crippen LogP contribution >= 0.6 is 0 Å². The van der Waals surface area contributed by atoms with Crippen molar-refractivity contribution in [3.8, 4) is 6.07 Å². The number of carbonyl (C=O) groups excluding carboxylic acids is 1. The van der Waals surface area contributed by atoms with E-state index >= 15 is 0 Å². The van der Waals surface area contributed by atoms with E-state index in [1.807, 2.05) is 13.0 Å². The van der Waals surface area contributed by atoms with Crippen LogP contribution < -0.4 is 0 Å². The van der Waals surface area contributed by atoms with Crippen LogP contribution in [-0.4, -0.2) is 18.7 Å². The highest BCUT2D eigenvalue weighted by Crippen LogP contribution is 2.25. The number of hydrogen-bond acceptors (Lipinski definition) is 4. The summed E-state index contributed by atoms with van der Waals surface area (Å²) in [6.45, 7) is 5.93. The SMILES string of the molecule is C=C(OCC)C1CC(C#N)C(=O)O1. The third-order valence-electron chi connectivity index (χ3n) is 1.84. The van der Waals surface area contributed by atoms with Gasteiger partial charge in [0.15, 0.2) is 6.10 Å². The Kier molecular flexibility index (Phi) is 2.91. The third-order valence-corrected chi connectivity index (χ3v) is 1.84. The molecule has 0 aliphatic carbocycles. The monoisotopic (exact) mass is 181 g/mol. The topological polar surface area (TPSA) is 59.3 Å². The molecule has 1 fully saturated rings. The van der Waals surface area contributed by atoms with Crippen LogP contribution in [0.5, 0.6) is 0 Å². The van der Waals surface area contributed by atoms with Gasteiger partial charge >= 0.3 is 5.97 Å². The maximum Gasteiger partial charge on any atom is 0.324 e. The van der Waals surface area contributed by atoms with Gasteiger partial charge < -0.3 is 9.47 Å². The molecule has 0 N–H and O–H groups in total. The molecule has 0 bridgehead atoms. The molecule has 4 nitrogen and oxygen atoms in total. The number of nitrogens with zero attached hydrogens (tertiary/aromatic N) is 1. The molecule has 0 radical (unpaired) electrons. The predicted octanol–water partition coefficient (Wildman–Crippen LogP) is 0.992. The molecule has 0 saturated carbocycles. The Hall–Kier alpha value is -1.50. The molecule has 1 aliphatic heterocycles. The summed E-state index contributed by atoms with van der Waals surface area (Å²) >= 11 is 0. The number of esters is 1. The molecule has 1 saturated heterocycles. The van der Waals surface area contributed by atoms with Crippen molar-refractivity contribution in [3.63, 3.8) is 0 Å². The van der Waals surface area contributed by atoms with E-state index in [0.29, 0.717) is 18.8 Å². The lowest BCUT2D eigenvalue weighted by atomic mass is 10.1. The van der Waals surface area contributed by atoms with Crippen molar-refractivity contribution in [2.75, 3.05) is 6.61 Å². The highest BCUT2D eigenvalue weighted by Gasteiger charge is 2.36. The van der Waals surface area contributed by atoms with Gasteiger partial charge in [-0.3, -0.25) is 4.79 Å². The first-order valence-corrected chi connectivity index (χ1v) is 4.10. The zero-order chi connectivity index (χ0) is 9.84. The second-order valence-corrected chi connectivity index (χ2v) is 2.74. The van der Waals surface area contributed by atoms with Crippen LogP contribution in [0.1, 0.15) is 13.3 Å². The maximum absolute atomic E-state index is 11.0. The Bertz CT molecular complexity index is 267. The average molecular weight is 181 g/mol. The van der Waals surface area contributed by atoms with E-state index in [9.17, 15) is 4.79 Å². The van der Waals surface area contributed by atoms with Gasteiger partial charge in [-0.15, -0.1) is 0 Å². The molecule has 70 valence electrons. The normalized spacial score (nSPS) is 26.3. The van der Waals surface area contributed by atoms with Gasteiger partial charge in [-0.25, -0.2) is 0 Å². The summed E-state index contributed by atoms with van der Waals surface area (Å²) in [5, 5.41) is 8.54. The van der Waals surface area contributed by atoms with E-state index in [1.165, 1.54) is 0 Å². The second-order valence-electron chi connectivity index (χ2n) is 2.74. The molecule has 1 rings (SSSR count). The summed E-state index contributed by atoms with van der Waals surface area (Å²) in [6, 6.07) is 1.87. The fourth-order valence-corrected chi connectivity index (χ4v) is 1.16. The molecule has 0 aromatic carbocycles. The predicted molar refractivity (Wildman–Crippen MR) is 44.4 cm³/mol. The number of rotatable bonds is 3. The lowest BCUT2D eigenvalue weighted by Crippen LogP contribution is -2.11. The van der Waals surface area contributed by atoms with Gasteiger partial charge in [-0.2, -0.15) is 5.26 Å². The van der Waals surface area contributed by atoms with Gasteiger partial charge in [-0.05, 0) is 6.92 Å². The Balaban J connectivity index is 2.54. The van der Waals surface area contributed by atoms with E-state index in [4.69, 9.17) is 14.7 Å². The molecule has 2 atom stereocenters. The molecule has 0 aromatic rings. The Morgan fingerprint density at radius 1 is 1.92 bits per heavy atom. The Labute approximate surface area is 76.7 Å². The molecule has 13 heavy (non-hydrogen) atoms. The van der Waals surface area contributed by atoms with Crippen LogP contribution in [0.2, 0.25) is 0 Å². The largest absolute Gasteiger partial charge is 0.495 e. The van der Waals surface area contributed by atoms with Crippen LogP contribution in [0.15, 0.2) is 12.3 Å². The summed E-state index contributed by atoms with van der Waals surface area (Å²) < 4.78 is 9.98. The van der Waals surface area contributed by atoms with Gasteiger partial charge in [0.1, 0.15) is 11.7 Å². The quantitative estimate of drug-likeness (QED) is 0.481. The number of nitriles is 1. The molecule has 2 unspecified atom stereocenters. The molecule has 4 heteroatoms. The minimum atomic E-state index is -0.665. The van der Waals surface area contributed by atoms with Crippen molar-refractivity contribution in [1.82, 2.24) is 0 Å². The molecule has 1 aliphatic rings. The van der Waals surface area contributed by atoms with Crippen LogP contribution in [0.3, 0.4) is 0 Å². The summed E-state index contributed by atoms with van der Waals surface area (Å²) in [4.78, 5) is 11.0. The minimum absolute atomic E-state index is 0.355. The molecular weight excluding hydrogens is 170 g/mol. The number of ether oxygens (including phenoxy) is 2. The van der Waals surface area contributed by atoms with Crippen LogP contribution in [0.4, 0.5) is 0 Å². The lowest BCUT2D eigenvalue weighted by molar-refractivity contribution is -0.143. The summed E-state index contributed by atoms with van der Waals surface area (Å²) in [5.41, 5.74) is 0. The van der Waals surface area contributed by atoms with E-state index in [-0.39, 0.29) is 0 Å². The molecule has 0 spiro atoms. The zero-order valence-corrected chi connectivity index (χ0v) is 7.45. The van der Waals surface area contributed by atoms with E-state index in [0.717, 1.165) is 0 Å². The van der Waals surface area contributed by atoms with Gasteiger partial charge in [-0.1, -0.05) is 6.58 Å². The Morgan fingerprint density at radius 2 is 2.62 bits per heavy atom. The van der Waals surface area contributed by atoms with Crippen molar-refractivity contribution in [1.29, 1.82) is 5.26 Å². The zero-order valence-electron chi connectivity index (χ0n) is 7.45. The van der Waals surface area contributed by atoms with E-state index in [1.54, 1.807) is 0 Å². The van der Waals surface area contributed by atoms with Gasteiger partial charge in [0.25, 0.3) is 0 Å². The van der Waals surface area contributed by atoms with Crippen molar-refractivity contribution in [3.05, 3.63) is 12.3 Å². The van der Waals surface area contributed by atoms with Crippen LogP contribution in [-0.2, 0) is 14.3 Å². The number of carbonyl (C=O) groups is 1. The van der Waals surface area contributed by atoms with Crippen molar-refractivity contribution in [2.45, 2.75) is 19.4 Å². The molecule has 0 amide bonds. The van der Waals surface area contributed by atoms with Crippen molar-refractivity contribution < 1.29 is 14.3 Å². The first-order chi connectivity index (χ1) is 6.19. The third kappa shape index (κ3) is 2.00. The summed E-state index contributed by atoms with van der Waals surface area (Å²) in [5.74, 6) is -0.718. The van der Waals surface area contributed by atoms with Gasteiger partial charge in [0.05, 0.1) is 12.7 Å². The molecular formula is C9H11NO3. The van der Waals surface area contributed by atoms with Crippen LogP contribution in [0.25, 0.3) is 0 Å². The highest BCUT2D eigenvalue weighted by atomic mass is 16.6. The lowest BCUT2D eigenvalue weighted by Gasteiger charge is -2.11. The molecule has 0 aromatic heterocycles. The van der Waals surface area contributed by atoms with Crippen LogP contribution in [0, 0.1) is 17.2 Å². The van der Waals surface area contributed by atoms with Gasteiger partial charge in [0, 0.05) is 6.42 Å². The maximum atomic E-state index is 11.0. The first-order valence-electron chi connectivity index (χ1n) is 4.10. The average Bonchev–Trinajstić information content (AvgIpc) is 2.47. The smallest absolute Gasteiger partial charge is 0.324 e. The van der Waals surface area contributed by atoms with E-state index < -0.39 is 18.0 Å². The summed E-state index contributed by atoms with van der Waals surface area (Å²) in [7, 11) is 0. The first kappa shape index (κ1) is 9.59. The van der Waals surface area contributed by atoms with E-state index in [2.05, 4.69) is 6.58 Å². The Morgan fingerprint density at radius 3 is 3.08 bits per heavy atom. The number of hydrogen-bond donors (Lipinski definition) is 0. The van der Waals surface area contributed by atoms with Crippen molar-refractivity contribution >= 4 is 5.97 Å². The van der Waals surface area contributed by atoms with Crippen molar-refractivity contribution in [2.24, 2.45) is 5.92 Å². The molecule has 1 heterocycles. The fraction of sp³-hybridized carbons (Fsp3) is 0.556. The summed E-state index contributed by atoms with van der Waals surface area (Å²) in [6.07, 6.45) is -0.0918. The fourth-order valence-electron chi connectivity index (χ4n) is 1.16. The highest BCUT2D eigenvalue weighted by molar-refractivity contribution is 5.77.